The second-order valence-corrected chi connectivity index (χ2v) is 2.09. The third-order valence-electron chi connectivity index (χ3n) is 1.27. The van der Waals surface area contributed by atoms with Crippen molar-refractivity contribution < 1.29 is 19.0 Å². The van der Waals surface area contributed by atoms with Gasteiger partial charge in [-0.25, -0.2) is 9.18 Å². The molecule has 1 aromatic rings. The molecule has 0 fully saturated rings. The van der Waals surface area contributed by atoms with E-state index < -0.39 is 12.8 Å². The lowest BCUT2D eigenvalue weighted by molar-refractivity contribution is 0.0324. The smallest absolute Gasteiger partial charge is 0.340 e. The van der Waals surface area contributed by atoms with Crippen molar-refractivity contribution in [3.05, 3.63) is 29.8 Å². The number of benzene rings is 1. The fourth-order valence-electron chi connectivity index (χ4n) is 0.766. The van der Waals surface area contributed by atoms with Gasteiger partial charge in [-0.15, -0.1) is 0 Å². The Labute approximate surface area is 68.4 Å². The standard InChI is InChI=1S/C8H7FO3/c9-5-12-8(11)6-2-1-3-7(10)4-6/h1-4,10H,5H2. The summed E-state index contributed by atoms with van der Waals surface area (Å²) in [6.45, 7) is -1.16. The molecule has 0 unspecified atom stereocenters. The normalized spacial score (nSPS) is 9.42. The van der Waals surface area contributed by atoms with E-state index in [2.05, 4.69) is 4.74 Å². The number of aromatic hydroxyl groups is 1. The zero-order chi connectivity index (χ0) is 8.97. The summed E-state index contributed by atoms with van der Waals surface area (Å²) < 4.78 is 15.6. The maximum atomic E-state index is 11.5. The van der Waals surface area contributed by atoms with E-state index >= 15 is 0 Å². The van der Waals surface area contributed by atoms with Gasteiger partial charge in [-0.2, -0.15) is 0 Å². The molecule has 0 radical (unpaired) electrons. The van der Waals surface area contributed by atoms with Crippen molar-refractivity contribution in [2.45, 2.75) is 0 Å². The molecule has 3 nitrogen and oxygen atoms in total. The van der Waals surface area contributed by atoms with Crippen LogP contribution in [-0.2, 0) is 4.74 Å². The number of alkyl halides is 1. The molecule has 0 aliphatic heterocycles. The number of carbonyl (C=O) groups is 1. The highest BCUT2D eigenvalue weighted by atomic mass is 19.1. The van der Waals surface area contributed by atoms with Gasteiger partial charge in [0.15, 0.2) is 0 Å². The van der Waals surface area contributed by atoms with Crippen LogP contribution < -0.4 is 0 Å². The van der Waals surface area contributed by atoms with Crippen LogP contribution in [0.2, 0.25) is 0 Å². The van der Waals surface area contributed by atoms with Crippen LogP contribution in [0.4, 0.5) is 4.39 Å². The molecule has 0 aliphatic rings. The van der Waals surface area contributed by atoms with Gasteiger partial charge in [0, 0.05) is 0 Å². The van der Waals surface area contributed by atoms with E-state index in [0.717, 1.165) is 0 Å². The summed E-state index contributed by atoms with van der Waals surface area (Å²) >= 11 is 0. The molecule has 0 aliphatic carbocycles. The molecule has 1 rings (SSSR count). The third kappa shape index (κ3) is 1.95. The molecular formula is C8H7FO3. The summed E-state index contributed by atoms with van der Waals surface area (Å²) in [5, 5.41) is 8.93. The number of phenols is 1. The number of hydrogen-bond acceptors (Lipinski definition) is 3. The number of esters is 1. The van der Waals surface area contributed by atoms with Crippen LogP contribution in [0.1, 0.15) is 10.4 Å². The molecule has 12 heavy (non-hydrogen) atoms. The number of hydrogen-bond donors (Lipinski definition) is 1. The molecule has 0 amide bonds. The fraction of sp³-hybridized carbons (Fsp3) is 0.125. The number of rotatable bonds is 2. The predicted molar refractivity (Wildman–Crippen MR) is 39.5 cm³/mol. The first-order chi connectivity index (χ1) is 5.74. The SMILES string of the molecule is O=C(OCF)c1cccc(O)c1. The van der Waals surface area contributed by atoms with E-state index in [9.17, 15) is 9.18 Å². The Hall–Kier alpha value is -1.58. The molecular weight excluding hydrogens is 163 g/mol. The minimum Gasteiger partial charge on any atom is -0.508 e. The van der Waals surface area contributed by atoms with Crippen LogP contribution >= 0.6 is 0 Å². The van der Waals surface area contributed by atoms with Crippen LogP contribution in [-0.4, -0.2) is 17.9 Å². The summed E-state index contributed by atoms with van der Waals surface area (Å²) in [6.07, 6.45) is 0. The zero-order valence-electron chi connectivity index (χ0n) is 6.16. The van der Waals surface area contributed by atoms with Crippen molar-refractivity contribution in [1.29, 1.82) is 0 Å². The summed E-state index contributed by atoms with van der Waals surface area (Å²) in [6, 6.07) is 5.52. The number of halogens is 1. The lowest BCUT2D eigenvalue weighted by atomic mass is 10.2. The van der Waals surface area contributed by atoms with Crippen molar-refractivity contribution in [2.75, 3.05) is 6.86 Å². The van der Waals surface area contributed by atoms with Crippen LogP contribution in [0.3, 0.4) is 0 Å². The van der Waals surface area contributed by atoms with E-state index in [0.29, 0.717) is 0 Å². The lowest BCUT2D eigenvalue weighted by Crippen LogP contribution is -2.03. The number of ether oxygens (including phenoxy) is 1. The Bertz CT molecular complexity index is 285. The Kier molecular flexibility index (Phi) is 2.63. The zero-order valence-corrected chi connectivity index (χ0v) is 6.16. The highest BCUT2D eigenvalue weighted by Crippen LogP contribution is 2.11. The van der Waals surface area contributed by atoms with Gasteiger partial charge < -0.3 is 9.84 Å². The average Bonchev–Trinajstić information content (AvgIpc) is 2.05. The van der Waals surface area contributed by atoms with Crippen LogP contribution in [0.15, 0.2) is 24.3 Å². The van der Waals surface area contributed by atoms with Gasteiger partial charge in [-0.3, -0.25) is 0 Å². The molecule has 0 heterocycles. The minimum absolute atomic E-state index is 0.0525. The third-order valence-corrected chi connectivity index (χ3v) is 1.27. The highest BCUT2D eigenvalue weighted by Gasteiger charge is 2.06. The molecule has 64 valence electrons. The van der Waals surface area contributed by atoms with Crippen molar-refractivity contribution >= 4 is 5.97 Å². The van der Waals surface area contributed by atoms with Crippen LogP contribution in [0, 0.1) is 0 Å². The minimum atomic E-state index is -1.16. The molecule has 0 aromatic heterocycles. The molecule has 0 atom stereocenters. The molecule has 0 saturated heterocycles. The van der Waals surface area contributed by atoms with E-state index in [4.69, 9.17) is 5.11 Å². The first kappa shape index (κ1) is 8.52. The quantitative estimate of drug-likeness (QED) is 0.683. The van der Waals surface area contributed by atoms with E-state index in [1.807, 2.05) is 0 Å². The topological polar surface area (TPSA) is 46.5 Å². The number of carbonyl (C=O) groups excluding carboxylic acids is 1. The van der Waals surface area contributed by atoms with E-state index in [-0.39, 0.29) is 11.3 Å². The highest BCUT2D eigenvalue weighted by molar-refractivity contribution is 5.89. The molecule has 0 bridgehead atoms. The summed E-state index contributed by atoms with van der Waals surface area (Å²) in [5.41, 5.74) is 0.132. The molecule has 4 heteroatoms. The van der Waals surface area contributed by atoms with E-state index in [1.165, 1.54) is 24.3 Å². The second-order valence-electron chi connectivity index (χ2n) is 2.09. The maximum Gasteiger partial charge on any atom is 0.340 e. The molecule has 0 saturated carbocycles. The van der Waals surface area contributed by atoms with E-state index in [1.54, 1.807) is 0 Å². The van der Waals surface area contributed by atoms with Gasteiger partial charge in [0.2, 0.25) is 6.86 Å². The van der Waals surface area contributed by atoms with Gasteiger partial charge in [-0.05, 0) is 18.2 Å². The molecule has 1 aromatic carbocycles. The monoisotopic (exact) mass is 170 g/mol. The van der Waals surface area contributed by atoms with Crippen molar-refractivity contribution in [1.82, 2.24) is 0 Å². The first-order valence-electron chi connectivity index (χ1n) is 3.26. The average molecular weight is 170 g/mol. The Morgan fingerprint density at radius 1 is 1.58 bits per heavy atom. The summed E-state index contributed by atoms with van der Waals surface area (Å²) in [5.74, 6) is -0.836. The number of phenolic OH excluding ortho intramolecular Hbond substituents is 1. The van der Waals surface area contributed by atoms with Crippen molar-refractivity contribution in [2.24, 2.45) is 0 Å². The first-order valence-corrected chi connectivity index (χ1v) is 3.26. The van der Waals surface area contributed by atoms with Gasteiger partial charge in [-0.1, -0.05) is 6.07 Å². The predicted octanol–water partition coefficient (Wildman–Crippen LogP) is 1.48. The molecule has 1 N–H and O–H groups in total. The second kappa shape index (κ2) is 3.71. The Morgan fingerprint density at radius 2 is 2.33 bits per heavy atom. The Morgan fingerprint density at radius 3 is 2.92 bits per heavy atom. The van der Waals surface area contributed by atoms with Crippen LogP contribution in [0.25, 0.3) is 0 Å². The summed E-state index contributed by atoms with van der Waals surface area (Å²) in [7, 11) is 0. The van der Waals surface area contributed by atoms with Crippen LogP contribution in [0.5, 0.6) is 5.75 Å². The fourth-order valence-corrected chi connectivity index (χ4v) is 0.766. The van der Waals surface area contributed by atoms with Gasteiger partial charge in [0.1, 0.15) is 5.75 Å². The maximum absolute atomic E-state index is 11.5. The van der Waals surface area contributed by atoms with Gasteiger partial charge in [0.05, 0.1) is 5.56 Å². The largest absolute Gasteiger partial charge is 0.508 e. The van der Waals surface area contributed by atoms with Crippen molar-refractivity contribution in [3.8, 4) is 5.75 Å². The van der Waals surface area contributed by atoms with Gasteiger partial charge in [0.25, 0.3) is 0 Å². The lowest BCUT2D eigenvalue weighted by Gasteiger charge is -1.99. The van der Waals surface area contributed by atoms with Crippen molar-refractivity contribution in [3.63, 3.8) is 0 Å². The van der Waals surface area contributed by atoms with Gasteiger partial charge >= 0.3 is 5.97 Å². The molecule has 0 spiro atoms. The Balaban J connectivity index is 2.81. The summed E-state index contributed by atoms with van der Waals surface area (Å²) in [4.78, 5) is 10.8.